The van der Waals surface area contributed by atoms with E-state index in [9.17, 15) is 8.42 Å². The Morgan fingerprint density at radius 3 is 2.56 bits per heavy atom. The molecule has 0 unspecified atom stereocenters. The molecule has 1 rings (SSSR count). The van der Waals surface area contributed by atoms with Gasteiger partial charge in [-0.25, -0.2) is 13.6 Å². The van der Waals surface area contributed by atoms with E-state index in [0.717, 1.165) is 11.5 Å². The first-order valence-corrected chi connectivity index (χ1v) is 4.42. The zero-order valence-electron chi connectivity index (χ0n) is 4.31. The maximum Gasteiger partial charge on any atom is 0.256 e. The summed E-state index contributed by atoms with van der Waals surface area (Å²) in [5, 5.41) is 6.21. The Morgan fingerprint density at radius 1 is 1.67 bits per heavy atom. The summed E-state index contributed by atoms with van der Waals surface area (Å²) in [6.45, 7) is 0. The predicted molar refractivity (Wildman–Crippen MR) is 33.5 cm³/mol. The van der Waals surface area contributed by atoms with Crippen molar-refractivity contribution < 1.29 is 8.42 Å². The second-order valence-electron chi connectivity index (χ2n) is 1.38. The van der Waals surface area contributed by atoms with Gasteiger partial charge in [-0.1, -0.05) is 0 Å². The second-order valence-corrected chi connectivity index (χ2v) is 3.56. The molecule has 0 aromatic carbocycles. The van der Waals surface area contributed by atoms with Crippen LogP contribution >= 0.6 is 11.5 Å². The van der Waals surface area contributed by atoms with Gasteiger partial charge in [0.1, 0.15) is 0 Å². The Kier molecular flexibility index (Phi) is 1.52. The molecule has 9 heavy (non-hydrogen) atoms. The molecule has 50 valence electrons. The highest BCUT2D eigenvalue weighted by Gasteiger charge is 2.07. The fourth-order valence-corrected chi connectivity index (χ4v) is 1.65. The minimum absolute atomic E-state index is 0.0625. The standard InChI is InChI=1S/C3H4N2O2S2/c4-9(6,7)3-1-2-8-5-3/h1-2H,(H2,4,6,7). The van der Waals surface area contributed by atoms with Gasteiger partial charge in [-0.15, -0.1) is 0 Å². The first-order chi connectivity index (χ1) is 4.11. The summed E-state index contributed by atoms with van der Waals surface area (Å²) in [7, 11) is -3.56. The normalized spacial score (nSPS) is 11.7. The van der Waals surface area contributed by atoms with Crippen LogP contribution in [0.3, 0.4) is 0 Å². The molecule has 0 aliphatic heterocycles. The van der Waals surface area contributed by atoms with Gasteiger partial charge in [0.05, 0.1) is 0 Å². The Labute approximate surface area is 56.5 Å². The number of aromatic nitrogens is 1. The van der Waals surface area contributed by atoms with Crippen LogP contribution in [-0.4, -0.2) is 12.8 Å². The molecular formula is C3H4N2O2S2. The van der Waals surface area contributed by atoms with Crippen LogP contribution in [-0.2, 0) is 10.0 Å². The highest BCUT2D eigenvalue weighted by atomic mass is 32.2. The number of hydrogen-bond acceptors (Lipinski definition) is 4. The minimum Gasteiger partial charge on any atom is -0.223 e. The molecule has 0 saturated heterocycles. The lowest BCUT2D eigenvalue weighted by atomic mass is 10.8. The summed E-state index contributed by atoms with van der Waals surface area (Å²) in [4.78, 5) is 0. The van der Waals surface area contributed by atoms with Gasteiger partial charge in [-0.3, -0.25) is 0 Å². The maximum atomic E-state index is 10.4. The van der Waals surface area contributed by atoms with E-state index in [4.69, 9.17) is 5.14 Å². The molecule has 0 amide bonds. The van der Waals surface area contributed by atoms with Gasteiger partial charge in [0, 0.05) is 5.38 Å². The molecule has 0 bridgehead atoms. The predicted octanol–water partition coefficient (Wildman–Crippen LogP) is -0.209. The van der Waals surface area contributed by atoms with Gasteiger partial charge >= 0.3 is 0 Å². The second kappa shape index (κ2) is 2.05. The van der Waals surface area contributed by atoms with Crippen LogP contribution < -0.4 is 5.14 Å². The monoisotopic (exact) mass is 164 g/mol. The lowest BCUT2D eigenvalue weighted by Crippen LogP contribution is -2.11. The van der Waals surface area contributed by atoms with Crippen LogP contribution in [0.4, 0.5) is 0 Å². The van der Waals surface area contributed by atoms with Crippen LogP contribution in [0.1, 0.15) is 0 Å². The third-order valence-corrected chi connectivity index (χ3v) is 2.19. The van der Waals surface area contributed by atoms with Crippen LogP contribution in [0.15, 0.2) is 16.5 Å². The molecule has 1 aromatic heterocycles. The van der Waals surface area contributed by atoms with Gasteiger partial charge < -0.3 is 0 Å². The SMILES string of the molecule is NS(=O)(=O)c1ccsn1. The van der Waals surface area contributed by atoms with Gasteiger partial charge in [0.15, 0.2) is 5.03 Å². The van der Waals surface area contributed by atoms with Crippen molar-refractivity contribution in [1.29, 1.82) is 0 Å². The van der Waals surface area contributed by atoms with Gasteiger partial charge in [-0.05, 0) is 17.6 Å². The van der Waals surface area contributed by atoms with Gasteiger partial charge in [0.2, 0.25) is 0 Å². The van der Waals surface area contributed by atoms with E-state index in [0.29, 0.717) is 0 Å². The van der Waals surface area contributed by atoms with E-state index in [1.54, 1.807) is 5.38 Å². The molecule has 0 aliphatic rings. The number of hydrogen-bond donors (Lipinski definition) is 1. The lowest BCUT2D eigenvalue weighted by Gasteiger charge is -1.85. The van der Waals surface area contributed by atoms with Crippen molar-refractivity contribution in [2.45, 2.75) is 5.03 Å². The zero-order chi connectivity index (χ0) is 6.91. The zero-order valence-corrected chi connectivity index (χ0v) is 5.95. The fourth-order valence-electron chi connectivity index (χ4n) is 0.348. The maximum absolute atomic E-state index is 10.4. The summed E-state index contributed by atoms with van der Waals surface area (Å²) in [5.74, 6) is 0. The third-order valence-electron chi connectivity index (χ3n) is 0.706. The molecule has 0 spiro atoms. The smallest absolute Gasteiger partial charge is 0.223 e. The van der Waals surface area contributed by atoms with E-state index >= 15 is 0 Å². The molecule has 2 N–H and O–H groups in total. The summed E-state index contributed by atoms with van der Waals surface area (Å²) in [5.41, 5.74) is 0. The van der Waals surface area contributed by atoms with Crippen molar-refractivity contribution in [3.05, 3.63) is 11.4 Å². The Morgan fingerprint density at radius 2 is 2.33 bits per heavy atom. The highest BCUT2D eigenvalue weighted by molar-refractivity contribution is 7.89. The summed E-state index contributed by atoms with van der Waals surface area (Å²) in [6, 6.07) is 1.36. The summed E-state index contributed by atoms with van der Waals surface area (Å²) < 4.78 is 24.3. The summed E-state index contributed by atoms with van der Waals surface area (Å²) >= 11 is 1.06. The van der Waals surface area contributed by atoms with Crippen molar-refractivity contribution in [2.24, 2.45) is 5.14 Å². The van der Waals surface area contributed by atoms with E-state index in [1.807, 2.05) is 0 Å². The quantitative estimate of drug-likeness (QED) is 0.624. The van der Waals surface area contributed by atoms with Crippen LogP contribution in [0.5, 0.6) is 0 Å². The molecule has 0 aliphatic carbocycles. The first-order valence-electron chi connectivity index (χ1n) is 2.04. The topological polar surface area (TPSA) is 73.1 Å². The number of primary sulfonamides is 1. The molecular weight excluding hydrogens is 160 g/mol. The number of nitrogens with two attached hydrogens (primary N) is 1. The van der Waals surface area contributed by atoms with E-state index in [2.05, 4.69) is 4.37 Å². The molecule has 0 saturated carbocycles. The van der Waals surface area contributed by atoms with Crippen molar-refractivity contribution in [3.8, 4) is 0 Å². The molecule has 0 fully saturated rings. The Balaban J connectivity index is 3.20. The molecule has 6 heteroatoms. The number of nitrogens with zero attached hydrogens (tertiary/aromatic N) is 1. The average molecular weight is 164 g/mol. The lowest BCUT2D eigenvalue weighted by molar-refractivity contribution is 0.595. The Hall–Kier alpha value is -0.460. The van der Waals surface area contributed by atoms with Crippen molar-refractivity contribution >= 4 is 21.6 Å². The van der Waals surface area contributed by atoms with E-state index in [1.165, 1.54) is 6.07 Å². The average Bonchev–Trinajstić information content (AvgIpc) is 2.08. The van der Waals surface area contributed by atoms with E-state index < -0.39 is 10.0 Å². The number of sulfonamides is 1. The van der Waals surface area contributed by atoms with Crippen molar-refractivity contribution in [1.82, 2.24) is 4.37 Å². The number of rotatable bonds is 1. The van der Waals surface area contributed by atoms with Gasteiger partial charge in [-0.2, -0.15) is 4.37 Å². The first kappa shape index (κ1) is 6.66. The van der Waals surface area contributed by atoms with Crippen LogP contribution in [0.25, 0.3) is 0 Å². The third kappa shape index (κ3) is 1.47. The van der Waals surface area contributed by atoms with Crippen molar-refractivity contribution in [2.75, 3.05) is 0 Å². The molecule has 0 atom stereocenters. The summed E-state index contributed by atoms with van der Waals surface area (Å²) in [6.07, 6.45) is 0. The van der Waals surface area contributed by atoms with Gasteiger partial charge in [0.25, 0.3) is 10.0 Å². The Bertz CT molecular complexity index is 275. The minimum atomic E-state index is -3.56. The highest BCUT2D eigenvalue weighted by Crippen LogP contribution is 2.03. The van der Waals surface area contributed by atoms with E-state index in [-0.39, 0.29) is 5.03 Å². The molecule has 1 aromatic rings. The van der Waals surface area contributed by atoms with Crippen LogP contribution in [0.2, 0.25) is 0 Å². The van der Waals surface area contributed by atoms with Crippen molar-refractivity contribution in [3.63, 3.8) is 0 Å². The van der Waals surface area contributed by atoms with Crippen LogP contribution in [0, 0.1) is 0 Å². The molecule has 4 nitrogen and oxygen atoms in total. The molecule has 1 heterocycles. The molecule has 0 radical (unpaired) electrons. The largest absolute Gasteiger partial charge is 0.256 e. The fraction of sp³-hybridized carbons (Fsp3) is 0.